The Labute approximate surface area is 235 Å². The van der Waals surface area contributed by atoms with Crippen LogP contribution in [0.4, 0.5) is 9.52 Å². The fourth-order valence-electron chi connectivity index (χ4n) is 5.51. The van der Waals surface area contributed by atoms with Gasteiger partial charge in [0.05, 0.1) is 5.39 Å². The summed E-state index contributed by atoms with van der Waals surface area (Å²) >= 11 is 1.27. The molecule has 1 amide bonds. The second-order valence-corrected chi connectivity index (χ2v) is 11.2. The number of piperidine rings is 1. The molecule has 40 heavy (non-hydrogen) atoms. The van der Waals surface area contributed by atoms with E-state index >= 15 is 4.39 Å². The SMILES string of the molecule is CN1CCC(c2ccc(-c3ccc4c(F)cn(C(C(=O)Nc5nccs5)c5ccccc5)c(=O)c4c3)cc2)CC1. The van der Waals surface area contributed by atoms with Crippen LogP contribution >= 0.6 is 11.3 Å². The topological polar surface area (TPSA) is 67.2 Å². The van der Waals surface area contributed by atoms with Gasteiger partial charge in [-0.25, -0.2) is 9.37 Å². The van der Waals surface area contributed by atoms with E-state index in [2.05, 4.69) is 46.5 Å². The first-order chi connectivity index (χ1) is 19.5. The van der Waals surface area contributed by atoms with Crippen LogP contribution in [0.25, 0.3) is 21.9 Å². The Kier molecular flexibility index (Phi) is 7.28. The minimum Gasteiger partial charge on any atom is -0.306 e. The number of likely N-dealkylation sites (tertiary alicyclic amines) is 1. The lowest BCUT2D eigenvalue weighted by molar-refractivity contribution is -0.118. The summed E-state index contributed by atoms with van der Waals surface area (Å²) in [6.45, 7) is 2.20. The van der Waals surface area contributed by atoms with E-state index in [-0.39, 0.29) is 10.8 Å². The van der Waals surface area contributed by atoms with E-state index in [1.54, 1.807) is 48.0 Å². The molecule has 202 valence electrons. The van der Waals surface area contributed by atoms with Crippen LogP contribution in [0.1, 0.15) is 35.9 Å². The number of carbonyl (C=O) groups is 1. The number of rotatable bonds is 6. The second-order valence-electron chi connectivity index (χ2n) is 10.3. The molecule has 1 fully saturated rings. The molecular formula is C32H29FN4O2S. The molecule has 5 aromatic rings. The second kappa shape index (κ2) is 11.2. The molecule has 0 bridgehead atoms. The average Bonchev–Trinajstić information content (AvgIpc) is 3.50. The van der Waals surface area contributed by atoms with Crippen molar-refractivity contribution >= 4 is 33.1 Å². The number of hydrogen-bond donors (Lipinski definition) is 1. The number of pyridine rings is 1. The molecule has 2 aromatic heterocycles. The number of nitrogens with one attached hydrogen (secondary N) is 1. The zero-order valence-electron chi connectivity index (χ0n) is 22.1. The maximum absolute atomic E-state index is 15.5. The number of carbonyl (C=O) groups excluding carboxylic acids is 1. The number of fused-ring (bicyclic) bond motifs is 1. The lowest BCUT2D eigenvalue weighted by atomic mass is 9.88. The summed E-state index contributed by atoms with van der Waals surface area (Å²) in [5.41, 5.74) is 3.22. The Hall–Kier alpha value is -4.14. The zero-order valence-corrected chi connectivity index (χ0v) is 22.9. The number of hydrogen-bond acceptors (Lipinski definition) is 5. The smallest absolute Gasteiger partial charge is 0.259 e. The highest BCUT2D eigenvalue weighted by atomic mass is 32.1. The molecule has 0 spiro atoms. The molecule has 1 N–H and O–H groups in total. The molecule has 1 atom stereocenters. The number of amides is 1. The molecule has 8 heteroatoms. The molecule has 1 aliphatic heterocycles. The Morgan fingerprint density at radius 1 is 1.00 bits per heavy atom. The molecule has 6 nitrogen and oxygen atoms in total. The Balaban J connectivity index is 1.39. The zero-order chi connectivity index (χ0) is 27.6. The van der Waals surface area contributed by atoms with Crippen LogP contribution in [0, 0.1) is 5.82 Å². The van der Waals surface area contributed by atoms with Crippen molar-refractivity contribution in [2.75, 3.05) is 25.5 Å². The first kappa shape index (κ1) is 26.1. The molecule has 1 saturated heterocycles. The number of aromatic nitrogens is 2. The number of thiazole rings is 1. The van der Waals surface area contributed by atoms with Crippen LogP contribution in [-0.2, 0) is 4.79 Å². The van der Waals surface area contributed by atoms with Crippen LogP contribution in [0.5, 0.6) is 0 Å². The Bertz CT molecular complexity index is 1690. The third kappa shape index (κ3) is 5.20. The van der Waals surface area contributed by atoms with Gasteiger partial charge in [-0.2, -0.15) is 0 Å². The van der Waals surface area contributed by atoms with E-state index in [9.17, 15) is 9.59 Å². The molecule has 1 unspecified atom stereocenters. The predicted octanol–water partition coefficient (Wildman–Crippen LogP) is 6.30. The first-order valence-electron chi connectivity index (χ1n) is 13.4. The highest BCUT2D eigenvalue weighted by Gasteiger charge is 2.26. The van der Waals surface area contributed by atoms with Gasteiger partial charge in [0, 0.05) is 23.2 Å². The number of benzene rings is 3. The van der Waals surface area contributed by atoms with Crippen molar-refractivity contribution in [1.82, 2.24) is 14.5 Å². The molecule has 3 heterocycles. The molecule has 0 radical (unpaired) electrons. The molecule has 3 aromatic carbocycles. The fourth-order valence-corrected chi connectivity index (χ4v) is 6.04. The molecule has 0 saturated carbocycles. The van der Waals surface area contributed by atoms with Gasteiger partial charge in [0.1, 0.15) is 11.9 Å². The van der Waals surface area contributed by atoms with E-state index < -0.39 is 23.3 Å². The molecule has 0 aliphatic carbocycles. The van der Waals surface area contributed by atoms with Crippen molar-refractivity contribution < 1.29 is 9.18 Å². The minimum atomic E-state index is -1.08. The van der Waals surface area contributed by atoms with Crippen molar-refractivity contribution in [2.45, 2.75) is 24.8 Å². The highest BCUT2D eigenvalue weighted by Crippen LogP contribution is 2.31. The van der Waals surface area contributed by atoms with E-state index in [0.717, 1.165) is 43.3 Å². The highest BCUT2D eigenvalue weighted by molar-refractivity contribution is 7.13. The van der Waals surface area contributed by atoms with Gasteiger partial charge in [0.2, 0.25) is 0 Å². The van der Waals surface area contributed by atoms with E-state index in [4.69, 9.17) is 0 Å². The monoisotopic (exact) mass is 552 g/mol. The van der Waals surface area contributed by atoms with Crippen LogP contribution in [-0.4, -0.2) is 40.5 Å². The summed E-state index contributed by atoms with van der Waals surface area (Å²) in [5, 5.41) is 5.37. The van der Waals surface area contributed by atoms with Crippen LogP contribution in [0.3, 0.4) is 0 Å². The molecular weight excluding hydrogens is 523 g/mol. The molecule has 6 rings (SSSR count). The van der Waals surface area contributed by atoms with Gasteiger partial charge in [-0.1, -0.05) is 66.7 Å². The standard InChI is InChI=1S/C32H29FN4O2S/c1-36-16-13-23(14-17-36)21-7-9-22(10-8-21)25-11-12-26-27(19-25)31(39)37(20-28(26)33)29(24-5-3-2-4-6-24)30(38)35-32-34-15-18-40-32/h2-12,15,18-20,23,29H,13-14,16-17H2,1H3,(H,34,35,38). The first-order valence-corrected chi connectivity index (χ1v) is 14.2. The van der Waals surface area contributed by atoms with Crippen LogP contribution in [0.2, 0.25) is 0 Å². The Morgan fingerprint density at radius 3 is 2.42 bits per heavy atom. The quantitative estimate of drug-likeness (QED) is 0.268. The summed E-state index contributed by atoms with van der Waals surface area (Å²) < 4.78 is 16.6. The lowest BCUT2D eigenvalue weighted by Crippen LogP contribution is -2.34. The summed E-state index contributed by atoms with van der Waals surface area (Å²) in [6.07, 6.45) is 4.99. The average molecular weight is 553 g/mol. The van der Waals surface area contributed by atoms with Crippen molar-refractivity contribution in [2.24, 2.45) is 0 Å². The summed E-state index contributed by atoms with van der Waals surface area (Å²) in [4.78, 5) is 33.8. The van der Waals surface area contributed by atoms with E-state index in [1.807, 2.05) is 12.1 Å². The van der Waals surface area contributed by atoms with E-state index in [0.29, 0.717) is 16.6 Å². The summed E-state index contributed by atoms with van der Waals surface area (Å²) in [6, 6.07) is 21.5. The van der Waals surface area contributed by atoms with Gasteiger partial charge in [-0.3, -0.25) is 19.5 Å². The van der Waals surface area contributed by atoms with Crippen molar-refractivity contribution in [3.05, 3.63) is 118 Å². The van der Waals surface area contributed by atoms with Crippen molar-refractivity contribution in [1.29, 1.82) is 0 Å². The van der Waals surface area contributed by atoms with Crippen molar-refractivity contribution in [3.63, 3.8) is 0 Å². The lowest BCUT2D eigenvalue weighted by Gasteiger charge is -2.29. The normalized spacial score (nSPS) is 15.2. The summed E-state index contributed by atoms with van der Waals surface area (Å²) in [7, 11) is 2.16. The Morgan fingerprint density at radius 2 is 1.73 bits per heavy atom. The number of halogens is 1. The van der Waals surface area contributed by atoms with Gasteiger partial charge >= 0.3 is 0 Å². The van der Waals surface area contributed by atoms with Gasteiger partial charge < -0.3 is 4.90 Å². The van der Waals surface area contributed by atoms with Crippen molar-refractivity contribution in [3.8, 4) is 11.1 Å². The van der Waals surface area contributed by atoms with Gasteiger partial charge in [-0.05, 0) is 67.2 Å². The van der Waals surface area contributed by atoms with Gasteiger partial charge in [0.15, 0.2) is 5.13 Å². The van der Waals surface area contributed by atoms with Crippen LogP contribution in [0.15, 0.2) is 95.4 Å². The maximum atomic E-state index is 15.5. The third-order valence-electron chi connectivity index (χ3n) is 7.73. The predicted molar refractivity (Wildman–Crippen MR) is 158 cm³/mol. The largest absolute Gasteiger partial charge is 0.306 e. The van der Waals surface area contributed by atoms with E-state index in [1.165, 1.54) is 21.5 Å². The minimum absolute atomic E-state index is 0.222. The van der Waals surface area contributed by atoms with Crippen LogP contribution < -0.4 is 10.9 Å². The maximum Gasteiger partial charge on any atom is 0.259 e. The van der Waals surface area contributed by atoms with Gasteiger partial charge in [-0.15, -0.1) is 11.3 Å². The molecule has 1 aliphatic rings. The number of nitrogens with zero attached hydrogens (tertiary/aromatic N) is 3. The summed E-state index contributed by atoms with van der Waals surface area (Å²) in [5.74, 6) is -0.488. The third-order valence-corrected chi connectivity index (χ3v) is 8.42. The van der Waals surface area contributed by atoms with Gasteiger partial charge in [0.25, 0.3) is 11.5 Å². The fraction of sp³-hybridized carbons (Fsp3) is 0.219. The number of anilines is 1.